The summed E-state index contributed by atoms with van der Waals surface area (Å²) in [5, 5.41) is 0. The van der Waals surface area contributed by atoms with Crippen molar-refractivity contribution in [2.24, 2.45) is 5.73 Å². The summed E-state index contributed by atoms with van der Waals surface area (Å²) in [7, 11) is 0. The van der Waals surface area contributed by atoms with Crippen molar-refractivity contribution >= 4 is 5.91 Å². The fourth-order valence-corrected chi connectivity index (χ4v) is 2.33. The van der Waals surface area contributed by atoms with E-state index in [1.807, 2.05) is 11.0 Å². The van der Waals surface area contributed by atoms with Gasteiger partial charge in [-0.3, -0.25) is 4.79 Å². The van der Waals surface area contributed by atoms with Crippen molar-refractivity contribution in [3.8, 4) is 0 Å². The fraction of sp³-hybridized carbons (Fsp3) is 0.462. The Kier molecular flexibility index (Phi) is 2.04. The third kappa shape index (κ3) is 1.52. The Labute approximate surface area is 95.2 Å². The number of carbonyl (C=O) groups excluding carboxylic acids is 1. The minimum Gasteiger partial charge on any atom is -0.336 e. The van der Waals surface area contributed by atoms with Gasteiger partial charge in [0.1, 0.15) is 0 Å². The van der Waals surface area contributed by atoms with Crippen molar-refractivity contribution in [3.63, 3.8) is 0 Å². The Bertz CT molecular complexity index is 437. The number of amides is 1. The van der Waals surface area contributed by atoms with Crippen LogP contribution in [-0.2, 0) is 17.8 Å². The van der Waals surface area contributed by atoms with Crippen molar-refractivity contribution in [1.29, 1.82) is 0 Å². The average Bonchev–Trinajstić information content (AvgIpc) is 3.07. The Morgan fingerprint density at radius 2 is 1.94 bits per heavy atom. The van der Waals surface area contributed by atoms with Gasteiger partial charge in [0, 0.05) is 13.1 Å². The van der Waals surface area contributed by atoms with Crippen molar-refractivity contribution in [2.75, 3.05) is 6.54 Å². The van der Waals surface area contributed by atoms with Gasteiger partial charge in [-0.15, -0.1) is 0 Å². The highest BCUT2D eigenvalue weighted by atomic mass is 16.2. The predicted octanol–water partition coefficient (Wildman–Crippen LogP) is 1.06. The molecule has 2 aliphatic rings. The van der Waals surface area contributed by atoms with Crippen LogP contribution in [0.25, 0.3) is 0 Å². The summed E-state index contributed by atoms with van der Waals surface area (Å²) in [5.74, 6) is 0.141. The quantitative estimate of drug-likeness (QED) is 0.763. The van der Waals surface area contributed by atoms with E-state index in [-0.39, 0.29) is 5.91 Å². The Hall–Kier alpha value is -1.35. The second kappa shape index (κ2) is 3.32. The van der Waals surface area contributed by atoms with Gasteiger partial charge in [0.25, 0.3) is 0 Å². The molecule has 0 unspecified atom stereocenters. The van der Waals surface area contributed by atoms with Crippen LogP contribution in [0.1, 0.15) is 24.0 Å². The molecule has 0 bridgehead atoms. The van der Waals surface area contributed by atoms with Crippen LogP contribution >= 0.6 is 0 Å². The van der Waals surface area contributed by atoms with E-state index in [1.165, 1.54) is 11.1 Å². The van der Waals surface area contributed by atoms with Gasteiger partial charge in [-0.25, -0.2) is 0 Å². The molecule has 3 heteroatoms. The van der Waals surface area contributed by atoms with E-state index in [0.717, 1.165) is 32.4 Å². The van der Waals surface area contributed by atoms with E-state index >= 15 is 0 Å². The third-order valence-electron chi connectivity index (χ3n) is 3.63. The average molecular weight is 216 g/mol. The van der Waals surface area contributed by atoms with Crippen LogP contribution < -0.4 is 5.73 Å². The summed E-state index contributed by atoms with van der Waals surface area (Å²) in [6.45, 7) is 1.54. The van der Waals surface area contributed by atoms with Crippen LogP contribution in [-0.4, -0.2) is 22.9 Å². The molecule has 3 nitrogen and oxygen atoms in total. The first-order valence-electron chi connectivity index (χ1n) is 5.84. The zero-order valence-electron chi connectivity index (χ0n) is 9.28. The summed E-state index contributed by atoms with van der Waals surface area (Å²) >= 11 is 0. The molecule has 1 aliphatic carbocycles. The van der Waals surface area contributed by atoms with E-state index in [9.17, 15) is 4.79 Å². The highest BCUT2D eigenvalue weighted by molar-refractivity contribution is 5.89. The van der Waals surface area contributed by atoms with Crippen LogP contribution in [0.15, 0.2) is 24.3 Å². The number of rotatable bonds is 1. The normalized spacial score (nSPS) is 21.4. The monoisotopic (exact) mass is 216 g/mol. The molecule has 1 heterocycles. The highest BCUT2D eigenvalue weighted by Crippen LogP contribution is 2.35. The molecular formula is C13H16N2O. The maximum atomic E-state index is 12.1. The topological polar surface area (TPSA) is 46.3 Å². The summed E-state index contributed by atoms with van der Waals surface area (Å²) in [6, 6.07) is 8.33. The number of hydrogen-bond acceptors (Lipinski definition) is 2. The van der Waals surface area contributed by atoms with Gasteiger partial charge in [-0.2, -0.15) is 0 Å². The molecule has 0 atom stereocenters. The van der Waals surface area contributed by atoms with E-state index in [2.05, 4.69) is 18.2 Å². The second-order valence-electron chi connectivity index (χ2n) is 4.90. The molecule has 0 aromatic heterocycles. The second-order valence-corrected chi connectivity index (χ2v) is 4.90. The molecule has 84 valence electrons. The van der Waals surface area contributed by atoms with Crippen molar-refractivity contribution in [2.45, 2.75) is 31.3 Å². The molecule has 1 fully saturated rings. The van der Waals surface area contributed by atoms with E-state index in [4.69, 9.17) is 5.73 Å². The molecule has 16 heavy (non-hydrogen) atoms. The molecule has 3 rings (SSSR count). The molecule has 0 saturated heterocycles. The smallest absolute Gasteiger partial charge is 0.242 e. The summed E-state index contributed by atoms with van der Waals surface area (Å²) < 4.78 is 0. The maximum absolute atomic E-state index is 12.1. The van der Waals surface area contributed by atoms with E-state index < -0.39 is 5.54 Å². The molecule has 1 amide bonds. The number of carbonyl (C=O) groups is 1. The summed E-state index contributed by atoms with van der Waals surface area (Å²) in [6.07, 6.45) is 2.66. The molecule has 0 spiro atoms. The molecule has 1 aromatic rings. The van der Waals surface area contributed by atoms with Crippen LogP contribution in [0.5, 0.6) is 0 Å². The standard InChI is InChI=1S/C13H16N2O/c14-13(6-7-13)12(16)15-8-5-10-3-1-2-4-11(10)9-15/h1-4H,5-9,14H2. The predicted molar refractivity (Wildman–Crippen MR) is 61.7 cm³/mol. The fourth-order valence-electron chi connectivity index (χ4n) is 2.33. The zero-order valence-corrected chi connectivity index (χ0v) is 9.28. The van der Waals surface area contributed by atoms with E-state index in [1.54, 1.807) is 0 Å². The van der Waals surface area contributed by atoms with Crippen LogP contribution in [0.3, 0.4) is 0 Å². The SMILES string of the molecule is NC1(C(=O)N2CCc3ccccc3C2)CC1. The van der Waals surface area contributed by atoms with E-state index in [0.29, 0.717) is 0 Å². The van der Waals surface area contributed by atoms with Gasteiger partial charge in [0.05, 0.1) is 5.54 Å². The number of nitrogens with two attached hydrogens (primary N) is 1. The van der Waals surface area contributed by atoms with Gasteiger partial charge in [0.2, 0.25) is 5.91 Å². The Balaban J connectivity index is 1.80. The van der Waals surface area contributed by atoms with Crippen LogP contribution in [0, 0.1) is 0 Å². The van der Waals surface area contributed by atoms with Gasteiger partial charge < -0.3 is 10.6 Å². The van der Waals surface area contributed by atoms with Crippen LogP contribution in [0.4, 0.5) is 0 Å². The number of benzene rings is 1. The molecule has 1 aliphatic heterocycles. The lowest BCUT2D eigenvalue weighted by Crippen LogP contribution is -2.47. The van der Waals surface area contributed by atoms with Gasteiger partial charge in [0.15, 0.2) is 0 Å². The van der Waals surface area contributed by atoms with Gasteiger partial charge in [-0.1, -0.05) is 24.3 Å². The van der Waals surface area contributed by atoms with Crippen LogP contribution in [0.2, 0.25) is 0 Å². The molecular weight excluding hydrogens is 200 g/mol. The third-order valence-corrected chi connectivity index (χ3v) is 3.63. The summed E-state index contributed by atoms with van der Waals surface area (Å²) in [4.78, 5) is 14.0. The van der Waals surface area contributed by atoms with Gasteiger partial charge >= 0.3 is 0 Å². The molecule has 1 aromatic carbocycles. The Morgan fingerprint density at radius 1 is 1.25 bits per heavy atom. The van der Waals surface area contributed by atoms with Crippen molar-refractivity contribution in [3.05, 3.63) is 35.4 Å². The summed E-state index contributed by atoms with van der Waals surface area (Å²) in [5.41, 5.74) is 8.07. The zero-order chi connectivity index (χ0) is 11.2. The minimum absolute atomic E-state index is 0.141. The van der Waals surface area contributed by atoms with Crippen molar-refractivity contribution in [1.82, 2.24) is 4.90 Å². The first-order valence-corrected chi connectivity index (χ1v) is 5.84. The first kappa shape index (κ1) is 9.85. The lowest BCUT2D eigenvalue weighted by molar-refractivity contribution is -0.134. The largest absolute Gasteiger partial charge is 0.336 e. The van der Waals surface area contributed by atoms with Crippen molar-refractivity contribution < 1.29 is 4.79 Å². The molecule has 1 saturated carbocycles. The maximum Gasteiger partial charge on any atom is 0.242 e. The first-order chi connectivity index (χ1) is 7.69. The highest BCUT2D eigenvalue weighted by Gasteiger charge is 2.48. The minimum atomic E-state index is -0.522. The number of fused-ring (bicyclic) bond motifs is 1. The number of hydrogen-bond donors (Lipinski definition) is 1. The molecule has 0 radical (unpaired) electrons. The number of nitrogens with zero attached hydrogens (tertiary/aromatic N) is 1. The molecule has 2 N–H and O–H groups in total. The lowest BCUT2D eigenvalue weighted by Gasteiger charge is -2.30. The van der Waals surface area contributed by atoms with Gasteiger partial charge in [-0.05, 0) is 30.4 Å². The lowest BCUT2D eigenvalue weighted by atomic mass is 9.99. The Morgan fingerprint density at radius 3 is 2.62 bits per heavy atom.